The summed E-state index contributed by atoms with van der Waals surface area (Å²) in [4.78, 5) is 16.8. The Kier molecular flexibility index (Phi) is 4.52. The van der Waals surface area contributed by atoms with Crippen LogP contribution in [0, 0.1) is 16.7 Å². The number of carbonyl (C=O) groups excluding carboxylic acids is 1. The zero-order valence-electron chi connectivity index (χ0n) is 18.1. The highest BCUT2D eigenvalue weighted by Crippen LogP contribution is 2.47. The van der Waals surface area contributed by atoms with Crippen molar-refractivity contribution in [3.63, 3.8) is 0 Å². The molecule has 1 aromatic heterocycles. The molecule has 6 nitrogen and oxygen atoms in total. The molecule has 1 saturated heterocycles. The van der Waals surface area contributed by atoms with Gasteiger partial charge in [0, 0.05) is 23.1 Å². The van der Waals surface area contributed by atoms with Gasteiger partial charge in [0.15, 0.2) is 5.96 Å². The van der Waals surface area contributed by atoms with Gasteiger partial charge in [0.05, 0.1) is 28.5 Å². The molecule has 1 amide bonds. The van der Waals surface area contributed by atoms with E-state index in [1.807, 2.05) is 12.1 Å². The third-order valence-corrected chi connectivity index (χ3v) is 7.99. The van der Waals surface area contributed by atoms with Gasteiger partial charge in [-0.2, -0.15) is 5.26 Å². The fourth-order valence-corrected chi connectivity index (χ4v) is 5.95. The van der Waals surface area contributed by atoms with E-state index in [1.165, 1.54) is 23.3 Å². The van der Waals surface area contributed by atoms with Crippen LogP contribution in [0.3, 0.4) is 0 Å². The second-order valence-electron chi connectivity index (χ2n) is 8.88. The van der Waals surface area contributed by atoms with Crippen LogP contribution in [0.5, 0.6) is 5.75 Å². The Morgan fingerprint density at radius 1 is 1.12 bits per heavy atom. The van der Waals surface area contributed by atoms with Crippen molar-refractivity contribution in [3.05, 3.63) is 75.0 Å². The molecule has 33 heavy (non-hydrogen) atoms. The molecule has 2 atom stereocenters. The smallest absolute Gasteiger partial charge is 0.239 e. The average Bonchev–Trinajstić information content (AvgIpc) is 3.60. The minimum absolute atomic E-state index is 0.0855. The number of carbonyl (C=O) groups is 1. The van der Waals surface area contributed by atoms with Crippen LogP contribution in [0.1, 0.15) is 57.2 Å². The fraction of sp³-hybridized carbons (Fsp3) is 0.269. The standard InChI is InChI=1S/C26H22N4O2S/c1-30-25(31)23(17-7-5-16(6-8-17)15-3-4-15)24(29-26(30)28)21-11-19-18-10-14(12-27)2-9-20(18)32-13-22(19)33-21/h2,5-11,15,23-24H,3-4,13H2,1H3,(H2,28,29)/t23-,24-/m1/s1. The molecule has 3 aliphatic rings. The van der Waals surface area contributed by atoms with Crippen molar-refractivity contribution >= 4 is 23.2 Å². The monoisotopic (exact) mass is 454 g/mol. The van der Waals surface area contributed by atoms with E-state index in [4.69, 9.17) is 10.1 Å². The zero-order chi connectivity index (χ0) is 22.7. The van der Waals surface area contributed by atoms with E-state index in [2.05, 4.69) is 41.7 Å². The van der Waals surface area contributed by atoms with E-state index < -0.39 is 5.92 Å². The number of nitrogens with zero attached hydrogens (tertiary/aromatic N) is 2. The van der Waals surface area contributed by atoms with Crippen LogP contribution in [-0.4, -0.2) is 23.8 Å². The van der Waals surface area contributed by atoms with E-state index in [1.54, 1.807) is 24.5 Å². The van der Waals surface area contributed by atoms with Crippen molar-refractivity contribution in [1.82, 2.24) is 10.2 Å². The molecule has 2 fully saturated rings. The molecule has 7 heteroatoms. The molecule has 1 aliphatic carbocycles. The number of fused-ring (bicyclic) bond motifs is 3. The molecular weight excluding hydrogens is 432 g/mol. The van der Waals surface area contributed by atoms with Crippen LogP contribution in [-0.2, 0) is 11.4 Å². The number of ether oxygens (including phenoxy) is 1. The lowest BCUT2D eigenvalue weighted by atomic mass is 9.86. The molecular formula is C26H22N4O2S. The number of nitrogens with one attached hydrogen (secondary N) is 2. The van der Waals surface area contributed by atoms with E-state index in [0.717, 1.165) is 32.2 Å². The third-order valence-electron chi connectivity index (χ3n) is 6.79. The highest BCUT2D eigenvalue weighted by Gasteiger charge is 2.41. The summed E-state index contributed by atoms with van der Waals surface area (Å²) >= 11 is 1.60. The van der Waals surface area contributed by atoms with Gasteiger partial charge in [-0.1, -0.05) is 24.3 Å². The van der Waals surface area contributed by atoms with Crippen LogP contribution in [0.2, 0.25) is 0 Å². The second-order valence-corrected chi connectivity index (χ2v) is 10.1. The molecule has 2 aromatic carbocycles. The summed E-state index contributed by atoms with van der Waals surface area (Å²) in [5.41, 5.74) is 4.81. The van der Waals surface area contributed by atoms with Crippen LogP contribution in [0.15, 0.2) is 48.5 Å². The number of nitriles is 1. The lowest BCUT2D eigenvalue weighted by Crippen LogP contribution is -2.53. The molecule has 0 radical (unpaired) electrons. The molecule has 0 spiro atoms. The molecule has 3 aromatic rings. The predicted molar refractivity (Wildman–Crippen MR) is 126 cm³/mol. The first-order chi connectivity index (χ1) is 16.0. The Balaban J connectivity index is 1.42. The van der Waals surface area contributed by atoms with Crippen LogP contribution in [0.25, 0.3) is 11.1 Å². The van der Waals surface area contributed by atoms with E-state index >= 15 is 0 Å². The normalized spacial score (nSPS) is 21.5. The van der Waals surface area contributed by atoms with E-state index in [9.17, 15) is 10.1 Å². The molecule has 0 bridgehead atoms. The first kappa shape index (κ1) is 20.0. The first-order valence-corrected chi connectivity index (χ1v) is 11.9. The zero-order valence-corrected chi connectivity index (χ0v) is 18.9. The Morgan fingerprint density at radius 3 is 2.61 bits per heavy atom. The van der Waals surface area contributed by atoms with Crippen molar-refractivity contribution in [2.75, 3.05) is 7.05 Å². The molecule has 1 saturated carbocycles. The highest BCUT2D eigenvalue weighted by molar-refractivity contribution is 7.12. The molecule has 2 N–H and O–H groups in total. The quantitative estimate of drug-likeness (QED) is 0.590. The fourth-order valence-electron chi connectivity index (χ4n) is 4.77. The summed E-state index contributed by atoms with van der Waals surface area (Å²) in [5, 5.41) is 20.9. The van der Waals surface area contributed by atoms with Gasteiger partial charge in [-0.3, -0.25) is 15.1 Å². The number of rotatable bonds is 3. The minimum atomic E-state index is -0.428. The van der Waals surface area contributed by atoms with Gasteiger partial charge in [0.1, 0.15) is 12.4 Å². The molecule has 2 aliphatic heterocycles. The lowest BCUT2D eigenvalue weighted by molar-refractivity contribution is -0.130. The van der Waals surface area contributed by atoms with Gasteiger partial charge in [0.25, 0.3) is 0 Å². The van der Waals surface area contributed by atoms with Gasteiger partial charge < -0.3 is 10.1 Å². The van der Waals surface area contributed by atoms with Crippen LogP contribution >= 0.6 is 11.3 Å². The molecule has 0 unspecified atom stereocenters. The molecule has 164 valence electrons. The topological polar surface area (TPSA) is 89.2 Å². The summed E-state index contributed by atoms with van der Waals surface area (Å²) in [5.74, 6) is 1.01. The van der Waals surface area contributed by atoms with E-state index in [0.29, 0.717) is 18.1 Å². The number of benzene rings is 2. The predicted octanol–water partition coefficient (Wildman–Crippen LogP) is 4.88. The van der Waals surface area contributed by atoms with Gasteiger partial charge in [-0.15, -0.1) is 11.3 Å². The van der Waals surface area contributed by atoms with Crippen molar-refractivity contribution < 1.29 is 9.53 Å². The number of likely N-dealkylation sites (N-methyl/N-ethyl adjacent to an activating group) is 1. The Labute approximate surface area is 195 Å². The maximum Gasteiger partial charge on any atom is 0.239 e. The van der Waals surface area contributed by atoms with Crippen molar-refractivity contribution in [2.45, 2.75) is 37.3 Å². The summed E-state index contributed by atoms with van der Waals surface area (Å²) in [6, 6.07) is 17.8. The molecule has 3 heterocycles. The molecule has 6 rings (SSSR count). The van der Waals surface area contributed by atoms with Crippen molar-refractivity contribution in [3.8, 4) is 22.9 Å². The van der Waals surface area contributed by atoms with Crippen LogP contribution in [0.4, 0.5) is 0 Å². The maximum atomic E-state index is 13.4. The SMILES string of the molecule is CN1C(=N)N[C@H](c2cc3c(s2)COc2ccc(C#N)cc2-3)[C@@H](c2ccc(C3CC3)cc2)C1=O. The largest absolute Gasteiger partial charge is 0.487 e. The second kappa shape index (κ2) is 7.46. The van der Waals surface area contributed by atoms with Gasteiger partial charge >= 0.3 is 0 Å². The Bertz CT molecular complexity index is 1330. The summed E-state index contributed by atoms with van der Waals surface area (Å²) < 4.78 is 5.93. The lowest BCUT2D eigenvalue weighted by Gasteiger charge is -2.37. The minimum Gasteiger partial charge on any atom is -0.487 e. The van der Waals surface area contributed by atoms with Gasteiger partial charge in [-0.05, 0) is 54.2 Å². The van der Waals surface area contributed by atoms with Gasteiger partial charge in [0.2, 0.25) is 5.91 Å². The number of hydrogen-bond donors (Lipinski definition) is 2. The Morgan fingerprint density at radius 2 is 1.88 bits per heavy atom. The van der Waals surface area contributed by atoms with Crippen molar-refractivity contribution in [2.24, 2.45) is 0 Å². The maximum absolute atomic E-state index is 13.4. The van der Waals surface area contributed by atoms with E-state index in [-0.39, 0.29) is 17.9 Å². The average molecular weight is 455 g/mol. The number of hydrogen-bond acceptors (Lipinski definition) is 5. The van der Waals surface area contributed by atoms with Crippen LogP contribution < -0.4 is 10.1 Å². The first-order valence-electron chi connectivity index (χ1n) is 11.1. The Hall–Kier alpha value is -3.63. The third kappa shape index (κ3) is 3.30. The van der Waals surface area contributed by atoms with Crippen molar-refractivity contribution in [1.29, 1.82) is 10.7 Å². The highest BCUT2D eigenvalue weighted by atomic mass is 32.1. The summed E-state index contributed by atoms with van der Waals surface area (Å²) in [6.45, 7) is 0.456. The number of guanidine groups is 1. The summed E-state index contributed by atoms with van der Waals surface area (Å²) in [7, 11) is 1.65. The summed E-state index contributed by atoms with van der Waals surface area (Å²) in [6.07, 6.45) is 2.48. The number of thiophene rings is 1. The number of amides is 1. The van der Waals surface area contributed by atoms with Gasteiger partial charge in [-0.25, -0.2) is 0 Å².